The largest absolute Gasteiger partial charge is 0.492 e. The number of nitrogens with one attached hydrogen (secondary N) is 3. The molecular formula is C25H27F6N5O7. The molecule has 1 aliphatic rings. The van der Waals surface area contributed by atoms with Crippen molar-refractivity contribution in [1.82, 2.24) is 15.5 Å². The number of amides is 2. The van der Waals surface area contributed by atoms with Crippen LogP contribution in [0.1, 0.15) is 26.3 Å². The summed E-state index contributed by atoms with van der Waals surface area (Å²) in [6, 6.07) is 13.6. The number of amidine groups is 1. The second kappa shape index (κ2) is 16.5. The van der Waals surface area contributed by atoms with Crippen molar-refractivity contribution >= 4 is 29.6 Å². The first kappa shape index (κ1) is 36.2. The Kier molecular flexibility index (Phi) is 13.9. The number of benzene rings is 2. The van der Waals surface area contributed by atoms with Crippen molar-refractivity contribution in [2.45, 2.75) is 12.4 Å². The predicted molar refractivity (Wildman–Crippen MR) is 138 cm³/mol. The standard InChI is InChI=1S/C21H25N5O3.2C2HF3O2/c22-19(23)17-2-1-3-18(14-17)29-13-10-25-20(27)15-4-6-16(7-5-15)21(28)26-11-8-24-9-12-26;2*3-2(4,5)1(6)7/h1-7,14,24H,8-13H2,(H3,22,23)(H,25,27);2*(H,6,7). The van der Waals surface area contributed by atoms with E-state index in [1.54, 1.807) is 48.5 Å². The molecule has 43 heavy (non-hydrogen) atoms. The van der Waals surface area contributed by atoms with Crippen LogP contribution in [-0.2, 0) is 9.59 Å². The number of ether oxygens (including phenoxy) is 1. The number of hydrogen-bond acceptors (Lipinski definition) is 7. The van der Waals surface area contributed by atoms with Crippen molar-refractivity contribution in [1.29, 1.82) is 5.41 Å². The molecule has 1 fully saturated rings. The minimum absolute atomic E-state index is 0.0142. The van der Waals surface area contributed by atoms with Crippen LogP contribution in [0.3, 0.4) is 0 Å². The number of carboxylic acid groups (broad SMARTS) is 2. The summed E-state index contributed by atoms with van der Waals surface area (Å²) in [6.45, 7) is 3.59. The van der Waals surface area contributed by atoms with Gasteiger partial charge in [0.15, 0.2) is 0 Å². The van der Waals surface area contributed by atoms with E-state index in [2.05, 4.69) is 10.6 Å². The predicted octanol–water partition coefficient (Wildman–Crippen LogP) is 2.09. The molecule has 12 nitrogen and oxygen atoms in total. The molecular weight excluding hydrogens is 596 g/mol. The summed E-state index contributed by atoms with van der Waals surface area (Å²) in [5.41, 5.74) is 7.11. The summed E-state index contributed by atoms with van der Waals surface area (Å²) in [5.74, 6) is -5.20. The third kappa shape index (κ3) is 13.6. The second-order valence-corrected chi connectivity index (χ2v) is 8.27. The molecule has 2 amide bonds. The van der Waals surface area contributed by atoms with E-state index in [0.717, 1.165) is 13.1 Å². The van der Waals surface area contributed by atoms with Crippen LogP contribution in [0.2, 0.25) is 0 Å². The molecule has 0 bridgehead atoms. The normalized spacial score (nSPS) is 12.8. The summed E-state index contributed by atoms with van der Waals surface area (Å²) in [6.07, 6.45) is -10.2. The molecule has 2 aromatic carbocycles. The van der Waals surface area contributed by atoms with E-state index in [1.165, 1.54) is 0 Å². The number of nitrogens with zero attached hydrogens (tertiary/aromatic N) is 1. The number of carbonyl (C=O) groups excluding carboxylic acids is 2. The van der Waals surface area contributed by atoms with Gasteiger partial charge in [-0.25, -0.2) is 9.59 Å². The van der Waals surface area contributed by atoms with E-state index in [1.807, 2.05) is 4.90 Å². The monoisotopic (exact) mass is 623 g/mol. The van der Waals surface area contributed by atoms with Crippen LogP contribution >= 0.6 is 0 Å². The van der Waals surface area contributed by atoms with Gasteiger partial charge < -0.3 is 36.2 Å². The fourth-order valence-electron chi connectivity index (χ4n) is 3.00. The summed E-state index contributed by atoms with van der Waals surface area (Å²) in [5, 5.41) is 27.7. The van der Waals surface area contributed by atoms with Gasteiger partial charge in [0, 0.05) is 42.9 Å². The van der Waals surface area contributed by atoms with Crippen LogP contribution in [0.5, 0.6) is 5.75 Å². The molecule has 3 rings (SSSR count). The summed E-state index contributed by atoms with van der Waals surface area (Å²) in [4.78, 5) is 44.3. The fourth-order valence-corrected chi connectivity index (χ4v) is 3.00. The van der Waals surface area contributed by atoms with Gasteiger partial charge in [-0.3, -0.25) is 15.0 Å². The Hall–Kier alpha value is -4.87. The zero-order chi connectivity index (χ0) is 32.8. The van der Waals surface area contributed by atoms with Crippen LogP contribution in [0.25, 0.3) is 0 Å². The molecule has 0 spiro atoms. The zero-order valence-corrected chi connectivity index (χ0v) is 22.1. The van der Waals surface area contributed by atoms with Crippen molar-refractivity contribution in [2.24, 2.45) is 5.73 Å². The highest BCUT2D eigenvalue weighted by molar-refractivity contribution is 5.98. The summed E-state index contributed by atoms with van der Waals surface area (Å²) < 4.78 is 69.1. The molecule has 2 aromatic rings. The molecule has 0 saturated carbocycles. The Labute approximate surface area is 239 Å². The van der Waals surface area contributed by atoms with Crippen molar-refractivity contribution < 1.29 is 60.5 Å². The Bertz CT molecular complexity index is 1240. The third-order valence-electron chi connectivity index (χ3n) is 5.08. The molecule has 1 aliphatic heterocycles. The number of hydrogen-bond donors (Lipinski definition) is 6. The highest BCUT2D eigenvalue weighted by Gasteiger charge is 2.38. The maximum Gasteiger partial charge on any atom is 0.490 e. The van der Waals surface area contributed by atoms with Gasteiger partial charge in [0.1, 0.15) is 18.2 Å². The van der Waals surface area contributed by atoms with Gasteiger partial charge in [0.25, 0.3) is 11.8 Å². The molecule has 236 valence electrons. The van der Waals surface area contributed by atoms with Crippen LogP contribution in [0.15, 0.2) is 48.5 Å². The number of halogens is 6. The zero-order valence-electron chi connectivity index (χ0n) is 22.1. The van der Waals surface area contributed by atoms with Crippen LogP contribution in [-0.4, -0.2) is 96.4 Å². The molecule has 0 radical (unpaired) electrons. The Morgan fingerprint density at radius 2 is 1.37 bits per heavy atom. The van der Waals surface area contributed by atoms with Gasteiger partial charge >= 0.3 is 24.3 Å². The maximum absolute atomic E-state index is 12.5. The van der Waals surface area contributed by atoms with Crippen molar-refractivity contribution in [2.75, 3.05) is 39.3 Å². The van der Waals surface area contributed by atoms with E-state index in [-0.39, 0.29) is 24.3 Å². The molecule has 1 heterocycles. The number of carbonyl (C=O) groups is 4. The average Bonchev–Trinajstić information content (AvgIpc) is 2.95. The number of nitrogen functional groups attached to an aromatic ring is 1. The highest BCUT2D eigenvalue weighted by atomic mass is 19.4. The minimum atomic E-state index is -5.08. The quantitative estimate of drug-likeness (QED) is 0.116. The van der Waals surface area contributed by atoms with E-state index in [9.17, 15) is 35.9 Å². The Morgan fingerprint density at radius 1 is 0.884 bits per heavy atom. The van der Waals surface area contributed by atoms with Crippen molar-refractivity contribution in [3.05, 3.63) is 65.2 Å². The van der Waals surface area contributed by atoms with Crippen LogP contribution < -0.4 is 21.1 Å². The van der Waals surface area contributed by atoms with Gasteiger partial charge in [-0.15, -0.1) is 0 Å². The molecule has 0 aromatic heterocycles. The summed E-state index contributed by atoms with van der Waals surface area (Å²) in [7, 11) is 0. The topological polar surface area (TPSA) is 195 Å². The van der Waals surface area contributed by atoms with E-state index in [4.69, 9.17) is 35.7 Å². The number of piperazine rings is 1. The smallest absolute Gasteiger partial charge is 0.490 e. The highest BCUT2D eigenvalue weighted by Crippen LogP contribution is 2.14. The summed E-state index contributed by atoms with van der Waals surface area (Å²) >= 11 is 0. The number of rotatable bonds is 7. The first-order chi connectivity index (χ1) is 19.9. The molecule has 0 aliphatic carbocycles. The molecule has 0 unspecified atom stereocenters. The lowest BCUT2D eigenvalue weighted by atomic mass is 10.1. The van der Waals surface area contributed by atoms with Crippen molar-refractivity contribution in [3.8, 4) is 5.75 Å². The first-order valence-electron chi connectivity index (χ1n) is 12.0. The number of aliphatic carboxylic acids is 2. The van der Waals surface area contributed by atoms with E-state index < -0.39 is 24.3 Å². The minimum Gasteiger partial charge on any atom is -0.492 e. The molecule has 18 heteroatoms. The van der Waals surface area contributed by atoms with Gasteiger partial charge in [-0.05, 0) is 36.4 Å². The van der Waals surface area contributed by atoms with Gasteiger partial charge in [0.05, 0.1) is 6.54 Å². The van der Waals surface area contributed by atoms with E-state index in [0.29, 0.717) is 42.1 Å². The number of alkyl halides is 6. The lowest BCUT2D eigenvalue weighted by molar-refractivity contribution is -0.193. The molecule has 7 N–H and O–H groups in total. The van der Waals surface area contributed by atoms with E-state index >= 15 is 0 Å². The van der Waals surface area contributed by atoms with Gasteiger partial charge in [-0.1, -0.05) is 12.1 Å². The first-order valence-corrected chi connectivity index (χ1v) is 12.0. The molecule has 0 atom stereocenters. The SMILES string of the molecule is N=C(N)c1cccc(OCCNC(=O)c2ccc(C(=O)N3CCNCC3)cc2)c1.O=C(O)C(F)(F)F.O=C(O)C(F)(F)F. The number of nitrogens with two attached hydrogens (primary N) is 1. The van der Waals surface area contributed by atoms with Crippen molar-refractivity contribution in [3.63, 3.8) is 0 Å². The number of carboxylic acids is 2. The van der Waals surface area contributed by atoms with Crippen LogP contribution in [0, 0.1) is 5.41 Å². The van der Waals surface area contributed by atoms with Gasteiger partial charge in [0.2, 0.25) is 0 Å². The van der Waals surface area contributed by atoms with Gasteiger partial charge in [-0.2, -0.15) is 26.3 Å². The third-order valence-corrected chi connectivity index (χ3v) is 5.08. The Balaban J connectivity index is 0.000000548. The lowest BCUT2D eigenvalue weighted by Gasteiger charge is -2.27. The Morgan fingerprint density at radius 3 is 1.84 bits per heavy atom. The van der Waals surface area contributed by atoms with Crippen LogP contribution in [0.4, 0.5) is 26.3 Å². The second-order valence-electron chi connectivity index (χ2n) is 8.27. The average molecular weight is 624 g/mol. The fraction of sp³-hybridized carbons (Fsp3) is 0.320. The maximum atomic E-state index is 12.5. The lowest BCUT2D eigenvalue weighted by Crippen LogP contribution is -2.46. The molecule has 1 saturated heterocycles.